The number of benzene rings is 2. The molecule has 2 N–H and O–H groups in total. The van der Waals surface area contributed by atoms with E-state index < -0.39 is 7.12 Å². The van der Waals surface area contributed by atoms with E-state index in [2.05, 4.69) is 0 Å². The maximum absolute atomic E-state index is 9.07. The topological polar surface area (TPSA) is 49.7 Å². The van der Waals surface area contributed by atoms with Crippen LogP contribution in [0.15, 0.2) is 42.5 Å². The van der Waals surface area contributed by atoms with Gasteiger partial charge in [0.05, 0.1) is 10.0 Å². The Morgan fingerprint density at radius 3 is 2.16 bits per heavy atom. The quantitative estimate of drug-likeness (QED) is 0.854. The Hall–Kier alpha value is -1.20. The highest BCUT2D eigenvalue weighted by atomic mass is 35.5. The molecule has 0 aliphatic carbocycles. The van der Waals surface area contributed by atoms with Crippen LogP contribution in [0.25, 0.3) is 0 Å². The van der Waals surface area contributed by atoms with Gasteiger partial charge in [-0.1, -0.05) is 53.5 Å². The summed E-state index contributed by atoms with van der Waals surface area (Å²) in [6.45, 7) is 0.335. The average molecular weight is 301 g/mol. The molecule has 0 unspecified atom stereocenters. The number of hydrogen-bond donors (Lipinski definition) is 2. The average Bonchev–Trinajstić information content (AvgIpc) is 2.38. The molecule has 0 saturated heterocycles. The summed E-state index contributed by atoms with van der Waals surface area (Å²) in [5, 5.41) is 18.6. The lowest BCUT2D eigenvalue weighted by molar-refractivity contribution is 0.306. The van der Waals surface area contributed by atoms with E-state index in [1.165, 1.54) is 12.1 Å². The van der Waals surface area contributed by atoms with Crippen molar-refractivity contribution in [1.29, 1.82) is 0 Å². The molecule has 6 heteroatoms. The third-order valence-corrected chi connectivity index (χ3v) is 3.11. The van der Waals surface area contributed by atoms with E-state index in [-0.39, 0.29) is 18.4 Å². The van der Waals surface area contributed by atoms with Gasteiger partial charge in [-0.25, -0.2) is 0 Å². The van der Waals surface area contributed by atoms with Crippen LogP contribution in [0.2, 0.25) is 10.0 Å². The van der Waals surface area contributed by atoms with Crippen LogP contribution in [0.3, 0.4) is 0 Å². The SMILES string of the molecule is OB(O)c1cc(Cl)c(OCc2ccccc2)c(Cl)c1.[HH].[HH]. The third-order valence-electron chi connectivity index (χ3n) is 2.54. The van der Waals surface area contributed by atoms with Crippen LogP contribution in [0.1, 0.15) is 8.42 Å². The van der Waals surface area contributed by atoms with Crippen molar-refractivity contribution in [3.8, 4) is 5.75 Å². The van der Waals surface area contributed by atoms with Gasteiger partial charge in [-0.15, -0.1) is 0 Å². The molecule has 2 rings (SSSR count). The summed E-state index contributed by atoms with van der Waals surface area (Å²) in [4.78, 5) is 0. The van der Waals surface area contributed by atoms with Crippen LogP contribution in [0.4, 0.5) is 0 Å². The van der Waals surface area contributed by atoms with Crippen molar-refractivity contribution < 1.29 is 17.6 Å². The van der Waals surface area contributed by atoms with Crippen molar-refractivity contribution in [3.63, 3.8) is 0 Å². The fourth-order valence-electron chi connectivity index (χ4n) is 1.60. The van der Waals surface area contributed by atoms with E-state index in [4.69, 9.17) is 38.0 Å². The highest BCUT2D eigenvalue weighted by Gasteiger charge is 2.17. The molecule has 102 valence electrons. The standard InChI is InChI=1S/C13H11BCl2O3.2H2/c15-11-6-10(14(17)18)7-12(16)13(11)19-8-9-4-2-1-3-5-9;;/h1-7,17-18H,8H2;2*1H. The van der Waals surface area contributed by atoms with Crippen molar-refractivity contribution in [3.05, 3.63) is 58.1 Å². The lowest BCUT2D eigenvalue weighted by atomic mass is 9.80. The molecule has 0 saturated carbocycles. The summed E-state index contributed by atoms with van der Waals surface area (Å²) >= 11 is 12.0. The summed E-state index contributed by atoms with van der Waals surface area (Å²) in [7, 11) is -1.61. The van der Waals surface area contributed by atoms with Crippen LogP contribution >= 0.6 is 23.2 Å². The third kappa shape index (κ3) is 3.64. The first-order valence-corrected chi connectivity index (χ1v) is 6.35. The van der Waals surface area contributed by atoms with Gasteiger partial charge in [0.2, 0.25) is 0 Å². The molecular weight excluding hydrogens is 286 g/mol. The van der Waals surface area contributed by atoms with Crippen molar-refractivity contribution in [2.75, 3.05) is 0 Å². The normalized spacial score (nSPS) is 10.3. The summed E-state index contributed by atoms with van der Waals surface area (Å²) in [5.74, 6) is 0.330. The van der Waals surface area contributed by atoms with Crippen molar-refractivity contribution in [2.24, 2.45) is 0 Å². The van der Waals surface area contributed by atoms with Gasteiger partial charge in [-0.3, -0.25) is 0 Å². The molecule has 19 heavy (non-hydrogen) atoms. The fourth-order valence-corrected chi connectivity index (χ4v) is 2.21. The molecule has 0 aliphatic rings. The molecule has 0 aliphatic heterocycles. The molecule has 0 heterocycles. The number of ether oxygens (including phenoxy) is 1. The number of hydrogen-bond acceptors (Lipinski definition) is 3. The molecular formula is C13H15BCl2O3. The van der Waals surface area contributed by atoms with E-state index in [1.54, 1.807) is 0 Å². The second kappa shape index (κ2) is 6.30. The smallest absolute Gasteiger partial charge is 0.486 e. The predicted octanol–water partition coefficient (Wildman–Crippen LogP) is 2.74. The molecule has 2 aromatic carbocycles. The molecule has 0 atom stereocenters. The number of rotatable bonds is 4. The van der Waals surface area contributed by atoms with Crippen molar-refractivity contribution in [2.45, 2.75) is 6.61 Å². The van der Waals surface area contributed by atoms with Crippen molar-refractivity contribution >= 4 is 35.8 Å². The predicted molar refractivity (Wildman–Crippen MR) is 81.3 cm³/mol. The van der Waals surface area contributed by atoms with Gasteiger partial charge >= 0.3 is 7.12 Å². The van der Waals surface area contributed by atoms with E-state index in [9.17, 15) is 0 Å². The van der Waals surface area contributed by atoms with Gasteiger partial charge in [-0.05, 0) is 23.2 Å². The summed E-state index contributed by atoms with van der Waals surface area (Å²) in [6, 6.07) is 12.4. The summed E-state index contributed by atoms with van der Waals surface area (Å²) < 4.78 is 5.56. The lowest BCUT2D eigenvalue weighted by Gasteiger charge is -2.11. The largest absolute Gasteiger partial charge is 0.488 e. The lowest BCUT2D eigenvalue weighted by Crippen LogP contribution is -2.29. The van der Waals surface area contributed by atoms with E-state index in [0.717, 1.165) is 5.56 Å². The first-order chi connectivity index (χ1) is 9.08. The Bertz CT molecular complexity index is 548. The van der Waals surface area contributed by atoms with Crippen LogP contribution < -0.4 is 10.2 Å². The Labute approximate surface area is 124 Å². The molecule has 3 nitrogen and oxygen atoms in total. The Balaban J connectivity index is 0.00000200. The Morgan fingerprint density at radius 2 is 1.63 bits per heavy atom. The minimum atomic E-state index is -1.61. The molecule has 0 aromatic heterocycles. The van der Waals surface area contributed by atoms with Gasteiger partial charge in [0.25, 0.3) is 0 Å². The van der Waals surface area contributed by atoms with Gasteiger partial charge < -0.3 is 14.8 Å². The van der Waals surface area contributed by atoms with Gasteiger partial charge in [0.15, 0.2) is 5.75 Å². The first kappa shape index (κ1) is 14.2. The molecule has 0 radical (unpaired) electrons. The summed E-state index contributed by atoms with van der Waals surface area (Å²) in [6.07, 6.45) is 0. The van der Waals surface area contributed by atoms with E-state index in [0.29, 0.717) is 12.4 Å². The maximum atomic E-state index is 9.07. The van der Waals surface area contributed by atoms with Gasteiger partial charge in [0.1, 0.15) is 6.61 Å². The van der Waals surface area contributed by atoms with Crippen LogP contribution in [0, 0.1) is 0 Å². The van der Waals surface area contributed by atoms with E-state index >= 15 is 0 Å². The molecule has 2 aromatic rings. The first-order valence-electron chi connectivity index (χ1n) is 5.59. The molecule has 0 fully saturated rings. The zero-order valence-corrected chi connectivity index (χ0v) is 11.4. The Kier molecular flexibility index (Phi) is 4.72. The van der Waals surface area contributed by atoms with Crippen LogP contribution in [0.5, 0.6) is 5.75 Å². The minimum Gasteiger partial charge on any atom is -0.486 e. The van der Waals surface area contributed by atoms with Gasteiger partial charge in [-0.2, -0.15) is 0 Å². The Morgan fingerprint density at radius 1 is 1.05 bits per heavy atom. The molecule has 0 spiro atoms. The zero-order chi connectivity index (χ0) is 13.8. The zero-order valence-electron chi connectivity index (χ0n) is 9.88. The maximum Gasteiger partial charge on any atom is 0.488 e. The molecule has 0 bridgehead atoms. The fraction of sp³-hybridized carbons (Fsp3) is 0.0769. The second-order valence-corrected chi connectivity index (χ2v) is 4.78. The summed E-state index contributed by atoms with van der Waals surface area (Å²) in [5.41, 5.74) is 1.21. The highest BCUT2D eigenvalue weighted by Crippen LogP contribution is 2.32. The van der Waals surface area contributed by atoms with Crippen molar-refractivity contribution in [1.82, 2.24) is 0 Å². The van der Waals surface area contributed by atoms with Crippen LogP contribution in [-0.2, 0) is 6.61 Å². The second-order valence-electron chi connectivity index (χ2n) is 3.96. The highest BCUT2D eigenvalue weighted by molar-refractivity contribution is 6.59. The minimum absolute atomic E-state index is 0. The number of halogens is 2. The molecule has 0 amide bonds. The van der Waals surface area contributed by atoms with Gasteiger partial charge in [0, 0.05) is 2.85 Å². The van der Waals surface area contributed by atoms with Crippen LogP contribution in [-0.4, -0.2) is 17.2 Å². The monoisotopic (exact) mass is 300 g/mol. The van der Waals surface area contributed by atoms with E-state index in [1.807, 2.05) is 30.3 Å².